The predicted molar refractivity (Wildman–Crippen MR) is 89.5 cm³/mol. The zero-order valence-electron chi connectivity index (χ0n) is 13.5. The summed E-state index contributed by atoms with van der Waals surface area (Å²) in [5, 5.41) is 9.14. The average Bonchev–Trinajstić information content (AvgIpc) is 3.36. The van der Waals surface area contributed by atoms with Crippen LogP contribution in [-0.2, 0) is 11.4 Å². The Morgan fingerprint density at radius 1 is 1.21 bits per heavy atom. The van der Waals surface area contributed by atoms with Crippen molar-refractivity contribution in [1.29, 1.82) is 0 Å². The zero-order valence-corrected chi connectivity index (χ0v) is 13.5. The Morgan fingerprint density at radius 3 is 2.62 bits per heavy atom. The van der Waals surface area contributed by atoms with E-state index in [-0.39, 0.29) is 18.2 Å². The Morgan fingerprint density at radius 2 is 1.96 bits per heavy atom. The molecule has 3 nitrogen and oxygen atoms in total. The van der Waals surface area contributed by atoms with Crippen LogP contribution in [-0.4, -0.2) is 11.1 Å². The summed E-state index contributed by atoms with van der Waals surface area (Å²) in [4.78, 5) is 11.1. The van der Waals surface area contributed by atoms with Crippen LogP contribution in [0.25, 0.3) is 0 Å². The largest absolute Gasteiger partial charge is 0.489 e. The fourth-order valence-corrected chi connectivity index (χ4v) is 2.95. The molecule has 1 saturated carbocycles. The maximum Gasteiger partial charge on any atom is 0.303 e. The number of rotatable bonds is 8. The fraction of sp³-hybridized carbons (Fsp3) is 0.350. The SMILES string of the molecule is O=C(O)C[C@H](CC1CC1)c1cc(F)cc(OCc2ccccc2)c1. The number of aliphatic carboxylic acids is 1. The van der Waals surface area contributed by atoms with Crippen molar-refractivity contribution in [1.82, 2.24) is 0 Å². The van der Waals surface area contributed by atoms with Gasteiger partial charge in [0.05, 0.1) is 6.42 Å². The van der Waals surface area contributed by atoms with Gasteiger partial charge in [-0.2, -0.15) is 0 Å². The lowest BCUT2D eigenvalue weighted by molar-refractivity contribution is -0.137. The van der Waals surface area contributed by atoms with Gasteiger partial charge in [0.15, 0.2) is 0 Å². The monoisotopic (exact) mass is 328 g/mol. The molecule has 1 aliphatic rings. The molecule has 24 heavy (non-hydrogen) atoms. The lowest BCUT2D eigenvalue weighted by atomic mass is 9.90. The topological polar surface area (TPSA) is 46.5 Å². The summed E-state index contributed by atoms with van der Waals surface area (Å²) in [6.45, 7) is 0.357. The zero-order chi connectivity index (χ0) is 16.9. The highest BCUT2D eigenvalue weighted by Gasteiger charge is 2.28. The number of carbonyl (C=O) groups is 1. The van der Waals surface area contributed by atoms with Crippen LogP contribution in [0.4, 0.5) is 4.39 Å². The van der Waals surface area contributed by atoms with E-state index in [0.717, 1.165) is 24.8 Å². The summed E-state index contributed by atoms with van der Waals surface area (Å²) in [7, 11) is 0. The molecule has 4 heteroatoms. The summed E-state index contributed by atoms with van der Waals surface area (Å²) in [6, 6.07) is 14.2. The molecule has 1 aliphatic carbocycles. The first-order valence-electron chi connectivity index (χ1n) is 8.29. The molecule has 0 saturated heterocycles. The summed E-state index contributed by atoms with van der Waals surface area (Å²) >= 11 is 0. The van der Waals surface area contributed by atoms with E-state index in [2.05, 4.69) is 0 Å². The molecule has 1 atom stereocenters. The minimum atomic E-state index is -0.850. The Balaban J connectivity index is 1.74. The third-order valence-corrected chi connectivity index (χ3v) is 4.35. The van der Waals surface area contributed by atoms with Crippen molar-refractivity contribution in [3.8, 4) is 5.75 Å². The summed E-state index contributed by atoms with van der Waals surface area (Å²) in [5.41, 5.74) is 1.72. The van der Waals surface area contributed by atoms with Gasteiger partial charge in [-0.3, -0.25) is 4.79 Å². The van der Waals surface area contributed by atoms with Crippen molar-refractivity contribution in [2.24, 2.45) is 5.92 Å². The van der Waals surface area contributed by atoms with Crippen LogP contribution in [0.1, 0.15) is 42.7 Å². The third kappa shape index (κ3) is 4.82. The smallest absolute Gasteiger partial charge is 0.303 e. The van der Waals surface area contributed by atoms with Gasteiger partial charge in [0.2, 0.25) is 0 Å². The number of hydrogen-bond acceptors (Lipinski definition) is 2. The van der Waals surface area contributed by atoms with Gasteiger partial charge < -0.3 is 9.84 Å². The van der Waals surface area contributed by atoms with E-state index in [0.29, 0.717) is 23.8 Å². The van der Waals surface area contributed by atoms with Gasteiger partial charge in [-0.1, -0.05) is 43.2 Å². The lowest BCUT2D eigenvalue weighted by Crippen LogP contribution is -2.08. The number of halogens is 1. The van der Waals surface area contributed by atoms with Crippen molar-refractivity contribution in [3.63, 3.8) is 0 Å². The van der Waals surface area contributed by atoms with Gasteiger partial charge in [0, 0.05) is 6.07 Å². The second kappa shape index (κ2) is 7.47. The van der Waals surface area contributed by atoms with Crippen LogP contribution in [0, 0.1) is 11.7 Å². The molecule has 0 aliphatic heterocycles. The van der Waals surface area contributed by atoms with Crippen LogP contribution in [0.5, 0.6) is 5.75 Å². The van der Waals surface area contributed by atoms with Gasteiger partial charge in [0.1, 0.15) is 18.2 Å². The van der Waals surface area contributed by atoms with Crippen LogP contribution < -0.4 is 4.74 Å². The molecule has 0 amide bonds. The second-order valence-corrected chi connectivity index (χ2v) is 6.47. The van der Waals surface area contributed by atoms with Crippen LogP contribution in [0.15, 0.2) is 48.5 Å². The van der Waals surface area contributed by atoms with E-state index in [1.807, 2.05) is 30.3 Å². The average molecular weight is 328 g/mol. The van der Waals surface area contributed by atoms with Crippen molar-refractivity contribution in [3.05, 3.63) is 65.5 Å². The van der Waals surface area contributed by atoms with Crippen molar-refractivity contribution in [2.45, 2.75) is 38.2 Å². The molecule has 1 fully saturated rings. The number of benzene rings is 2. The summed E-state index contributed by atoms with van der Waals surface area (Å²) in [6.07, 6.45) is 3.11. The standard InChI is InChI=1S/C20H21FO3/c21-18-9-17(16(11-20(22)23)8-14-6-7-14)10-19(12-18)24-13-15-4-2-1-3-5-15/h1-5,9-10,12,14,16H,6-8,11,13H2,(H,22,23)/t16-/m0/s1. The highest BCUT2D eigenvalue weighted by Crippen LogP contribution is 2.40. The Labute approximate surface area is 141 Å². The van der Waals surface area contributed by atoms with E-state index in [9.17, 15) is 9.18 Å². The molecule has 0 unspecified atom stereocenters. The van der Waals surface area contributed by atoms with Crippen LogP contribution >= 0.6 is 0 Å². The van der Waals surface area contributed by atoms with E-state index in [1.165, 1.54) is 12.1 Å². The minimum Gasteiger partial charge on any atom is -0.489 e. The third-order valence-electron chi connectivity index (χ3n) is 4.35. The molecule has 3 rings (SSSR count). The molecule has 1 N–H and O–H groups in total. The van der Waals surface area contributed by atoms with E-state index < -0.39 is 5.97 Å². The predicted octanol–water partition coefficient (Wildman–Crippen LogP) is 4.76. The normalized spacial score (nSPS) is 15.0. The van der Waals surface area contributed by atoms with Gasteiger partial charge in [-0.15, -0.1) is 0 Å². The number of carboxylic acid groups (broad SMARTS) is 1. The van der Waals surface area contributed by atoms with E-state index in [4.69, 9.17) is 9.84 Å². The van der Waals surface area contributed by atoms with Crippen molar-refractivity contribution >= 4 is 5.97 Å². The molecule has 0 radical (unpaired) electrons. The molecule has 2 aromatic carbocycles. The molecule has 0 spiro atoms. The molecular weight excluding hydrogens is 307 g/mol. The second-order valence-electron chi connectivity index (χ2n) is 6.47. The van der Waals surface area contributed by atoms with Gasteiger partial charge >= 0.3 is 5.97 Å². The minimum absolute atomic E-state index is 0.0259. The van der Waals surface area contributed by atoms with Crippen LogP contribution in [0.2, 0.25) is 0 Å². The molecule has 0 heterocycles. The first-order chi connectivity index (χ1) is 11.6. The maximum absolute atomic E-state index is 14.0. The fourth-order valence-electron chi connectivity index (χ4n) is 2.95. The summed E-state index contributed by atoms with van der Waals surface area (Å²) in [5.74, 6) is -0.380. The quantitative estimate of drug-likeness (QED) is 0.760. The highest BCUT2D eigenvalue weighted by atomic mass is 19.1. The molecule has 2 aromatic rings. The Kier molecular flexibility index (Phi) is 5.14. The first kappa shape index (κ1) is 16.5. The van der Waals surface area contributed by atoms with Gasteiger partial charge in [-0.05, 0) is 41.5 Å². The molecule has 126 valence electrons. The van der Waals surface area contributed by atoms with Crippen molar-refractivity contribution < 1.29 is 19.0 Å². The number of ether oxygens (including phenoxy) is 1. The number of hydrogen-bond donors (Lipinski definition) is 1. The highest BCUT2D eigenvalue weighted by molar-refractivity contribution is 5.68. The van der Waals surface area contributed by atoms with E-state index >= 15 is 0 Å². The maximum atomic E-state index is 14.0. The van der Waals surface area contributed by atoms with Crippen LogP contribution in [0.3, 0.4) is 0 Å². The molecular formula is C20H21FO3. The lowest BCUT2D eigenvalue weighted by Gasteiger charge is -2.17. The van der Waals surface area contributed by atoms with Crippen molar-refractivity contribution in [2.75, 3.05) is 0 Å². The molecule has 0 bridgehead atoms. The summed E-state index contributed by atoms with van der Waals surface area (Å²) < 4.78 is 19.7. The molecule has 0 aromatic heterocycles. The van der Waals surface area contributed by atoms with Gasteiger partial charge in [0.25, 0.3) is 0 Å². The first-order valence-corrected chi connectivity index (χ1v) is 8.29. The Hall–Kier alpha value is -2.36. The Bertz CT molecular complexity index is 695. The van der Waals surface area contributed by atoms with Gasteiger partial charge in [-0.25, -0.2) is 4.39 Å². The van der Waals surface area contributed by atoms with E-state index in [1.54, 1.807) is 6.07 Å². The number of carboxylic acids is 1.